The highest BCUT2D eigenvalue weighted by molar-refractivity contribution is 6.35. The van der Waals surface area contributed by atoms with Crippen LogP contribution in [0.4, 0.5) is 0 Å². The summed E-state index contributed by atoms with van der Waals surface area (Å²) in [7, 11) is 0. The molecular weight excluding hydrogens is 249 g/mol. The topological polar surface area (TPSA) is 40.5 Å². The van der Waals surface area contributed by atoms with E-state index < -0.39 is 0 Å². The molecule has 0 saturated carbocycles. The molecule has 1 amide bonds. The molecule has 1 aliphatic heterocycles. The van der Waals surface area contributed by atoms with Crippen LogP contribution in [0.25, 0.3) is 0 Å². The van der Waals surface area contributed by atoms with E-state index in [9.17, 15) is 4.79 Å². The highest BCUT2D eigenvalue weighted by atomic mass is 35.5. The van der Waals surface area contributed by atoms with Gasteiger partial charge in [0.05, 0.1) is 12.5 Å². The smallest absolute Gasteiger partial charge is 0.227 e. The van der Waals surface area contributed by atoms with E-state index in [4.69, 9.17) is 28.3 Å². The lowest BCUT2D eigenvalue weighted by molar-refractivity contribution is -0.140. The lowest BCUT2D eigenvalue weighted by Gasteiger charge is -2.36. The van der Waals surface area contributed by atoms with Crippen LogP contribution < -0.4 is 0 Å². The predicted molar refractivity (Wildman–Crippen MR) is 62.8 cm³/mol. The van der Waals surface area contributed by atoms with Gasteiger partial charge in [-0.15, -0.1) is 0 Å². The Labute approximate surface area is 104 Å². The summed E-state index contributed by atoms with van der Waals surface area (Å²) >= 11 is 11.7. The third-order valence-electron chi connectivity index (χ3n) is 2.57. The van der Waals surface area contributed by atoms with E-state index in [0.717, 1.165) is 5.56 Å². The average Bonchev–Trinajstić information content (AvgIpc) is 2.17. The van der Waals surface area contributed by atoms with Crippen molar-refractivity contribution < 1.29 is 9.90 Å². The Balaban J connectivity index is 2.01. The molecule has 86 valence electrons. The lowest BCUT2D eigenvalue weighted by Crippen LogP contribution is -2.53. The fourth-order valence-corrected chi connectivity index (χ4v) is 2.07. The molecule has 5 heteroatoms. The van der Waals surface area contributed by atoms with Crippen molar-refractivity contribution in [2.45, 2.75) is 12.5 Å². The lowest BCUT2D eigenvalue weighted by atomic mass is 10.1. The number of rotatable bonds is 2. The first-order valence-electron chi connectivity index (χ1n) is 4.96. The van der Waals surface area contributed by atoms with Gasteiger partial charge in [-0.3, -0.25) is 4.79 Å². The number of hydrogen-bond donors (Lipinski definition) is 1. The zero-order chi connectivity index (χ0) is 11.7. The molecule has 3 nitrogen and oxygen atoms in total. The van der Waals surface area contributed by atoms with Gasteiger partial charge in [-0.25, -0.2) is 0 Å². The highest BCUT2D eigenvalue weighted by Gasteiger charge is 2.28. The van der Waals surface area contributed by atoms with Crippen molar-refractivity contribution in [2.24, 2.45) is 0 Å². The van der Waals surface area contributed by atoms with E-state index >= 15 is 0 Å². The van der Waals surface area contributed by atoms with Crippen molar-refractivity contribution in [1.82, 2.24) is 4.90 Å². The summed E-state index contributed by atoms with van der Waals surface area (Å²) in [4.78, 5) is 13.3. The second kappa shape index (κ2) is 4.62. The van der Waals surface area contributed by atoms with Crippen molar-refractivity contribution in [3.8, 4) is 0 Å². The van der Waals surface area contributed by atoms with Crippen LogP contribution in [0.1, 0.15) is 5.56 Å². The zero-order valence-electron chi connectivity index (χ0n) is 8.49. The Morgan fingerprint density at radius 1 is 1.44 bits per heavy atom. The summed E-state index contributed by atoms with van der Waals surface area (Å²) in [6.45, 7) is 0.841. The Hall–Kier alpha value is -0.770. The largest absolute Gasteiger partial charge is 0.389 e. The van der Waals surface area contributed by atoms with Crippen LogP contribution in [0.15, 0.2) is 18.2 Å². The minimum absolute atomic E-state index is 0.0190. The molecule has 0 unspecified atom stereocenters. The fourth-order valence-electron chi connectivity index (χ4n) is 1.60. The molecule has 1 aromatic carbocycles. The number of likely N-dealkylation sites (tertiary alicyclic amines) is 1. The number of nitrogens with zero attached hydrogens (tertiary/aromatic N) is 1. The number of halogens is 2. The molecule has 0 aromatic heterocycles. The van der Waals surface area contributed by atoms with Gasteiger partial charge in [0.15, 0.2) is 0 Å². The maximum absolute atomic E-state index is 11.7. The Morgan fingerprint density at radius 3 is 2.69 bits per heavy atom. The molecule has 1 N–H and O–H groups in total. The van der Waals surface area contributed by atoms with Gasteiger partial charge in [0.25, 0.3) is 0 Å². The molecule has 1 aromatic rings. The zero-order valence-corrected chi connectivity index (χ0v) is 10.0. The van der Waals surface area contributed by atoms with Gasteiger partial charge in [-0.05, 0) is 17.7 Å². The summed E-state index contributed by atoms with van der Waals surface area (Å²) in [6.07, 6.45) is -0.118. The van der Waals surface area contributed by atoms with Crippen molar-refractivity contribution in [2.75, 3.05) is 13.1 Å². The third kappa shape index (κ3) is 2.48. The van der Waals surface area contributed by atoms with Crippen LogP contribution in [0.2, 0.25) is 10.0 Å². The Morgan fingerprint density at radius 2 is 2.12 bits per heavy atom. The standard InChI is InChI=1S/C11H11Cl2NO2/c12-8-2-1-7(10(13)4-8)3-11(16)14-5-9(15)6-14/h1-2,4,9,15H,3,5-6H2. The van der Waals surface area contributed by atoms with E-state index in [1.807, 2.05) is 0 Å². The predicted octanol–water partition coefficient (Wildman–Crippen LogP) is 1.74. The Kier molecular flexibility index (Phi) is 3.38. The fraction of sp³-hybridized carbons (Fsp3) is 0.364. The number of aliphatic hydroxyl groups excluding tert-OH is 1. The van der Waals surface area contributed by atoms with Crippen LogP contribution in [0.5, 0.6) is 0 Å². The van der Waals surface area contributed by atoms with Gasteiger partial charge >= 0.3 is 0 Å². The SMILES string of the molecule is O=C(Cc1ccc(Cl)cc1Cl)N1CC(O)C1. The first-order chi connectivity index (χ1) is 7.56. The number of carbonyl (C=O) groups excluding carboxylic acids is 1. The third-order valence-corrected chi connectivity index (χ3v) is 3.16. The number of benzene rings is 1. The minimum atomic E-state index is -0.371. The second-order valence-electron chi connectivity index (χ2n) is 3.87. The molecule has 1 heterocycles. The molecule has 0 atom stereocenters. The van der Waals surface area contributed by atoms with Crippen LogP contribution in [0, 0.1) is 0 Å². The van der Waals surface area contributed by atoms with E-state index in [0.29, 0.717) is 23.1 Å². The van der Waals surface area contributed by atoms with Gasteiger partial charge in [0.2, 0.25) is 5.91 Å². The summed E-state index contributed by atoms with van der Waals surface area (Å²) in [6, 6.07) is 5.08. The van der Waals surface area contributed by atoms with E-state index in [1.54, 1.807) is 23.1 Å². The second-order valence-corrected chi connectivity index (χ2v) is 4.71. The molecule has 1 aliphatic rings. The molecule has 0 bridgehead atoms. The van der Waals surface area contributed by atoms with Crippen LogP contribution >= 0.6 is 23.2 Å². The van der Waals surface area contributed by atoms with E-state index in [-0.39, 0.29) is 18.4 Å². The van der Waals surface area contributed by atoms with E-state index in [2.05, 4.69) is 0 Å². The normalized spacial score (nSPS) is 16.1. The Bertz CT molecular complexity index is 416. The van der Waals surface area contributed by atoms with Crippen molar-refractivity contribution >= 4 is 29.1 Å². The number of hydrogen-bond acceptors (Lipinski definition) is 2. The molecule has 1 saturated heterocycles. The van der Waals surface area contributed by atoms with Crippen molar-refractivity contribution in [3.63, 3.8) is 0 Å². The number of amides is 1. The monoisotopic (exact) mass is 259 g/mol. The molecule has 0 spiro atoms. The van der Waals surface area contributed by atoms with Gasteiger partial charge in [0, 0.05) is 23.1 Å². The molecule has 0 radical (unpaired) electrons. The summed E-state index contributed by atoms with van der Waals surface area (Å²) < 4.78 is 0. The summed E-state index contributed by atoms with van der Waals surface area (Å²) in [5.41, 5.74) is 0.762. The molecule has 2 rings (SSSR count). The first kappa shape index (κ1) is 11.7. The maximum atomic E-state index is 11.7. The number of β-amino-alcohol motifs (C(OH)–C–C–N with tert-alkyl or cyclic N) is 1. The minimum Gasteiger partial charge on any atom is -0.389 e. The summed E-state index contributed by atoms with van der Waals surface area (Å²) in [5.74, 6) is -0.0190. The number of aliphatic hydroxyl groups is 1. The summed E-state index contributed by atoms with van der Waals surface area (Å²) in [5, 5.41) is 10.1. The molecule has 16 heavy (non-hydrogen) atoms. The number of carbonyl (C=O) groups is 1. The van der Waals surface area contributed by atoms with Crippen LogP contribution in [-0.4, -0.2) is 35.1 Å². The quantitative estimate of drug-likeness (QED) is 0.879. The van der Waals surface area contributed by atoms with Gasteiger partial charge in [0.1, 0.15) is 0 Å². The van der Waals surface area contributed by atoms with Crippen molar-refractivity contribution in [1.29, 1.82) is 0 Å². The van der Waals surface area contributed by atoms with Crippen LogP contribution in [0.3, 0.4) is 0 Å². The highest BCUT2D eigenvalue weighted by Crippen LogP contribution is 2.22. The van der Waals surface area contributed by atoms with Crippen LogP contribution in [-0.2, 0) is 11.2 Å². The van der Waals surface area contributed by atoms with Crippen molar-refractivity contribution in [3.05, 3.63) is 33.8 Å². The van der Waals surface area contributed by atoms with Gasteiger partial charge < -0.3 is 10.0 Å². The molecular formula is C11H11Cl2NO2. The van der Waals surface area contributed by atoms with E-state index in [1.165, 1.54) is 0 Å². The molecule has 1 fully saturated rings. The van der Waals surface area contributed by atoms with Gasteiger partial charge in [-0.2, -0.15) is 0 Å². The van der Waals surface area contributed by atoms with Gasteiger partial charge in [-0.1, -0.05) is 29.3 Å². The first-order valence-corrected chi connectivity index (χ1v) is 5.71. The molecule has 0 aliphatic carbocycles. The average molecular weight is 260 g/mol. The maximum Gasteiger partial charge on any atom is 0.227 e.